The van der Waals surface area contributed by atoms with Gasteiger partial charge in [0.2, 0.25) is 0 Å². The van der Waals surface area contributed by atoms with Crippen molar-refractivity contribution in [1.29, 1.82) is 0 Å². The highest BCUT2D eigenvalue weighted by molar-refractivity contribution is 6.02. The molecule has 0 unspecified atom stereocenters. The van der Waals surface area contributed by atoms with E-state index >= 15 is 0 Å². The van der Waals surface area contributed by atoms with Gasteiger partial charge in [0.1, 0.15) is 5.76 Å². The SMILES string of the molecule is CC1(C)N([O])/C(=C2\C=CC(=O)C=C2O)N(O)C1(C)C. The summed E-state index contributed by atoms with van der Waals surface area (Å²) in [5.74, 6) is -0.747. The molecule has 1 saturated heterocycles. The molecule has 0 aromatic rings. The molecule has 1 fully saturated rings. The molecule has 0 aromatic carbocycles. The molecule has 6 heteroatoms. The minimum atomic E-state index is -0.889. The van der Waals surface area contributed by atoms with E-state index in [1.54, 1.807) is 27.7 Å². The Morgan fingerprint density at radius 3 is 2.11 bits per heavy atom. The Morgan fingerprint density at radius 1 is 1.11 bits per heavy atom. The molecular weight excluding hydrogens is 248 g/mol. The number of hydroxylamine groups is 4. The van der Waals surface area contributed by atoms with E-state index in [-0.39, 0.29) is 22.9 Å². The van der Waals surface area contributed by atoms with Gasteiger partial charge in [-0.1, -0.05) is 5.21 Å². The lowest BCUT2D eigenvalue weighted by atomic mass is 9.84. The van der Waals surface area contributed by atoms with Gasteiger partial charge in [0.15, 0.2) is 11.6 Å². The summed E-state index contributed by atoms with van der Waals surface area (Å²) in [7, 11) is 0. The fourth-order valence-electron chi connectivity index (χ4n) is 2.05. The molecule has 6 nitrogen and oxygen atoms in total. The van der Waals surface area contributed by atoms with Crippen molar-refractivity contribution in [3.63, 3.8) is 0 Å². The number of hydrogen-bond acceptors (Lipinski definition) is 5. The van der Waals surface area contributed by atoms with Crippen LogP contribution in [-0.2, 0) is 10.0 Å². The van der Waals surface area contributed by atoms with Crippen LogP contribution >= 0.6 is 0 Å². The predicted octanol–water partition coefficient (Wildman–Crippen LogP) is 1.69. The zero-order chi connectivity index (χ0) is 14.6. The smallest absolute Gasteiger partial charge is 0.182 e. The second-order valence-electron chi connectivity index (χ2n) is 5.73. The lowest BCUT2D eigenvalue weighted by Crippen LogP contribution is -2.52. The molecule has 1 heterocycles. The highest BCUT2D eigenvalue weighted by Gasteiger charge is 2.57. The van der Waals surface area contributed by atoms with E-state index in [0.29, 0.717) is 5.06 Å². The molecule has 103 valence electrons. The van der Waals surface area contributed by atoms with Crippen LogP contribution in [0, 0.1) is 0 Å². The molecule has 0 saturated carbocycles. The summed E-state index contributed by atoms with van der Waals surface area (Å²) in [5, 5.41) is 33.9. The second-order valence-corrected chi connectivity index (χ2v) is 5.73. The van der Waals surface area contributed by atoms with E-state index in [2.05, 4.69) is 0 Å². The highest BCUT2D eigenvalue weighted by Crippen LogP contribution is 2.45. The van der Waals surface area contributed by atoms with Crippen molar-refractivity contribution in [2.45, 2.75) is 38.8 Å². The third kappa shape index (κ3) is 1.67. The maximum absolute atomic E-state index is 12.4. The normalized spacial score (nSPS) is 28.9. The quantitative estimate of drug-likeness (QED) is 0.696. The first-order chi connectivity index (χ1) is 8.60. The Bertz CT molecular complexity index is 507. The Morgan fingerprint density at radius 2 is 1.68 bits per heavy atom. The summed E-state index contributed by atoms with van der Waals surface area (Å²) in [5.41, 5.74) is -1.59. The van der Waals surface area contributed by atoms with Gasteiger partial charge in [-0.25, -0.2) is 5.06 Å². The van der Waals surface area contributed by atoms with Crippen molar-refractivity contribution in [2.75, 3.05) is 0 Å². The molecule has 0 bridgehead atoms. The van der Waals surface area contributed by atoms with Crippen molar-refractivity contribution in [3.05, 3.63) is 35.4 Å². The van der Waals surface area contributed by atoms with Crippen molar-refractivity contribution >= 4 is 5.78 Å². The van der Waals surface area contributed by atoms with Gasteiger partial charge in [0, 0.05) is 6.08 Å². The summed E-state index contributed by atoms with van der Waals surface area (Å²) in [6, 6.07) is 0. The first-order valence-corrected chi connectivity index (χ1v) is 5.94. The number of carbonyl (C=O) groups is 1. The number of carbonyl (C=O) groups excluding carboxylic acids is 1. The minimum absolute atomic E-state index is 0.0625. The fourth-order valence-corrected chi connectivity index (χ4v) is 2.05. The van der Waals surface area contributed by atoms with E-state index in [9.17, 15) is 20.3 Å². The molecule has 2 N–H and O–H groups in total. The molecule has 1 radical (unpaired) electrons. The molecule has 0 amide bonds. The molecular formula is C13H17N2O4. The predicted molar refractivity (Wildman–Crippen MR) is 66.2 cm³/mol. The van der Waals surface area contributed by atoms with Crippen LogP contribution in [-0.4, -0.2) is 37.3 Å². The lowest BCUT2D eigenvalue weighted by Gasteiger charge is -2.36. The van der Waals surface area contributed by atoms with E-state index in [1.807, 2.05) is 0 Å². The summed E-state index contributed by atoms with van der Waals surface area (Å²) >= 11 is 0. The van der Waals surface area contributed by atoms with Crippen LogP contribution in [0.5, 0.6) is 0 Å². The molecule has 2 rings (SSSR count). The van der Waals surface area contributed by atoms with E-state index < -0.39 is 11.1 Å². The largest absolute Gasteiger partial charge is 0.507 e. The average Bonchev–Trinajstić information content (AvgIpc) is 2.40. The fraction of sp³-hybridized carbons (Fsp3) is 0.462. The minimum Gasteiger partial charge on any atom is -0.507 e. The summed E-state index contributed by atoms with van der Waals surface area (Å²) < 4.78 is 0. The van der Waals surface area contributed by atoms with Crippen LogP contribution in [0.15, 0.2) is 35.4 Å². The molecule has 2 aliphatic rings. The topological polar surface area (TPSA) is 83.9 Å². The lowest BCUT2D eigenvalue weighted by molar-refractivity contribution is -0.181. The van der Waals surface area contributed by atoms with E-state index in [1.165, 1.54) is 12.2 Å². The van der Waals surface area contributed by atoms with Crippen LogP contribution in [0.2, 0.25) is 0 Å². The zero-order valence-corrected chi connectivity index (χ0v) is 11.3. The van der Waals surface area contributed by atoms with Gasteiger partial charge in [0.05, 0.1) is 16.7 Å². The number of aliphatic hydroxyl groups is 1. The maximum Gasteiger partial charge on any atom is 0.182 e. The molecule has 1 aliphatic carbocycles. The van der Waals surface area contributed by atoms with Gasteiger partial charge in [-0.05, 0) is 39.8 Å². The van der Waals surface area contributed by atoms with Crippen LogP contribution in [0.4, 0.5) is 0 Å². The van der Waals surface area contributed by atoms with E-state index in [0.717, 1.165) is 11.1 Å². The van der Waals surface area contributed by atoms with Crippen molar-refractivity contribution < 1.29 is 20.3 Å². The number of allylic oxidation sites excluding steroid dienone is 3. The van der Waals surface area contributed by atoms with Crippen LogP contribution in [0.3, 0.4) is 0 Å². The Labute approximate surface area is 111 Å². The number of ketones is 1. The number of nitrogens with zero attached hydrogens (tertiary/aromatic N) is 2. The van der Waals surface area contributed by atoms with E-state index in [4.69, 9.17) is 0 Å². The van der Waals surface area contributed by atoms with Gasteiger partial charge in [-0.2, -0.15) is 5.06 Å². The summed E-state index contributed by atoms with van der Waals surface area (Å²) in [4.78, 5) is 11.1. The first-order valence-electron chi connectivity index (χ1n) is 5.94. The second kappa shape index (κ2) is 3.85. The van der Waals surface area contributed by atoms with Gasteiger partial charge >= 0.3 is 0 Å². The number of rotatable bonds is 0. The molecule has 19 heavy (non-hydrogen) atoms. The average molecular weight is 265 g/mol. The van der Waals surface area contributed by atoms with Crippen LogP contribution < -0.4 is 0 Å². The Hall–Kier alpha value is -1.79. The molecule has 0 atom stereocenters. The molecule has 1 aliphatic heterocycles. The van der Waals surface area contributed by atoms with Crippen LogP contribution in [0.25, 0.3) is 0 Å². The van der Waals surface area contributed by atoms with Gasteiger partial charge in [-0.3, -0.25) is 10.0 Å². The number of hydrogen-bond donors (Lipinski definition) is 2. The molecule has 0 aromatic heterocycles. The maximum atomic E-state index is 12.4. The van der Waals surface area contributed by atoms with Crippen LogP contribution in [0.1, 0.15) is 27.7 Å². The van der Waals surface area contributed by atoms with Gasteiger partial charge < -0.3 is 5.11 Å². The van der Waals surface area contributed by atoms with Crippen molar-refractivity contribution in [3.8, 4) is 0 Å². The monoisotopic (exact) mass is 265 g/mol. The zero-order valence-electron chi connectivity index (χ0n) is 11.3. The first kappa shape index (κ1) is 13.6. The Kier molecular flexibility index (Phi) is 2.76. The molecule has 0 spiro atoms. The van der Waals surface area contributed by atoms with Gasteiger partial charge in [0.25, 0.3) is 0 Å². The van der Waals surface area contributed by atoms with Crippen molar-refractivity contribution in [2.24, 2.45) is 0 Å². The summed E-state index contributed by atoms with van der Waals surface area (Å²) in [6.07, 6.45) is 3.59. The number of aliphatic hydroxyl groups excluding tert-OH is 1. The van der Waals surface area contributed by atoms with Gasteiger partial charge in [-0.15, -0.1) is 0 Å². The van der Waals surface area contributed by atoms with Crippen molar-refractivity contribution in [1.82, 2.24) is 10.1 Å². The summed E-state index contributed by atoms with van der Waals surface area (Å²) in [6.45, 7) is 6.86. The highest BCUT2D eigenvalue weighted by atomic mass is 16.6. The Balaban J connectivity index is 2.62. The third-order valence-electron chi connectivity index (χ3n) is 4.14. The third-order valence-corrected chi connectivity index (χ3v) is 4.14. The standard InChI is InChI=1S/C13H17N2O4/c1-12(2)13(3,4)15(19)11(14(12)18)9-6-5-8(16)7-10(9)17/h5-7,17-18H,1-4H3/b11-9+.